The maximum absolute atomic E-state index is 10.8. The van der Waals surface area contributed by atoms with Crippen LogP contribution in [0.2, 0.25) is 0 Å². The van der Waals surface area contributed by atoms with Gasteiger partial charge in [-0.1, -0.05) is 11.2 Å². The summed E-state index contributed by atoms with van der Waals surface area (Å²) in [5.74, 6) is -0.573. The minimum absolute atomic E-state index is 0.0417. The fourth-order valence-corrected chi connectivity index (χ4v) is 0.805. The van der Waals surface area contributed by atoms with Crippen LogP contribution in [0, 0.1) is 0 Å². The average molecular weight is 209 g/mol. The minimum Gasteiger partial charge on any atom is -0.379 e. The topological polar surface area (TPSA) is 86.8 Å². The molecule has 0 saturated heterocycles. The molecule has 0 saturated carbocycles. The zero-order chi connectivity index (χ0) is 11.1. The van der Waals surface area contributed by atoms with E-state index in [0.717, 1.165) is 0 Å². The Labute approximate surface area is 86.7 Å². The normalized spacial score (nSPS) is 11.1. The predicted octanol–water partition coefficient (Wildman–Crippen LogP) is -0.109. The van der Waals surface area contributed by atoms with Crippen LogP contribution in [0.3, 0.4) is 0 Å². The van der Waals surface area contributed by atoms with Gasteiger partial charge in [-0.05, 0) is 12.1 Å². The van der Waals surface area contributed by atoms with Crippen molar-refractivity contribution in [2.75, 3.05) is 13.7 Å². The molecular weight excluding hydrogens is 198 g/mol. The van der Waals surface area contributed by atoms with Crippen LogP contribution in [0.1, 0.15) is 5.69 Å². The Morgan fingerprint density at radius 3 is 3.00 bits per heavy atom. The van der Waals surface area contributed by atoms with Crippen molar-refractivity contribution >= 4 is 11.8 Å². The molecule has 2 N–H and O–H groups in total. The quantitative estimate of drug-likeness (QED) is 0.323. The van der Waals surface area contributed by atoms with E-state index in [9.17, 15) is 4.79 Å². The molecule has 0 fully saturated rings. The van der Waals surface area contributed by atoms with E-state index in [2.05, 4.69) is 19.7 Å². The Hall–Kier alpha value is -1.95. The number of methoxy groups -OCH3 is 1. The summed E-state index contributed by atoms with van der Waals surface area (Å²) < 4.78 is 4.54. The fraction of sp³-hybridized carbons (Fsp3) is 0.222. The van der Waals surface area contributed by atoms with Gasteiger partial charge in [0, 0.05) is 13.3 Å². The molecule has 0 radical (unpaired) electrons. The third-order valence-corrected chi connectivity index (χ3v) is 1.44. The smallest absolute Gasteiger partial charge is 0.360 e. The summed E-state index contributed by atoms with van der Waals surface area (Å²) in [4.78, 5) is 19.2. The average Bonchev–Trinajstić information content (AvgIpc) is 2.27. The lowest BCUT2D eigenvalue weighted by atomic mass is 10.3. The number of aromatic nitrogens is 1. The summed E-state index contributed by atoms with van der Waals surface area (Å²) in [6.45, 7) is -0.168. The van der Waals surface area contributed by atoms with Crippen molar-refractivity contribution < 1.29 is 14.4 Å². The molecule has 0 bridgehead atoms. The first kappa shape index (κ1) is 11.1. The second kappa shape index (κ2) is 5.71. The Bertz CT molecular complexity index is 351. The van der Waals surface area contributed by atoms with Gasteiger partial charge in [0.05, 0.1) is 0 Å². The number of rotatable bonds is 4. The van der Waals surface area contributed by atoms with Crippen LogP contribution in [-0.4, -0.2) is 30.5 Å². The number of oxime groups is 1. The third-order valence-electron chi connectivity index (χ3n) is 1.44. The first-order valence-electron chi connectivity index (χ1n) is 4.17. The monoisotopic (exact) mass is 209 g/mol. The van der Waals surface area contributed by atoms with Gasteiger partial charge in [-0.3, -0.25) is 4.98 Å². The van der Waals surface area contributed by atoms with Crippen LogP contribution < -0.4 is 5.73 Å². The maximum Gasteiger partial charge on any atom is 0.360 e. The summed E-state index contributed by atoms with van der Waals surface area (Å²) in [6, 6.07) is 5.15. The van der Waals surface area contributed by atoms with E-state index in [0.29, 0.717) is 5.69 Å². The van der Waals surface area contributed by atoms with Crippen LogP contribution in [0.15, 0.2) is 29.6 Å². The summed E-state index contributed by atoms with van der Waals surface area (Å²) in [6.07, 6.45) is 1.56. The number of carbonyl (C=O) groups is 1. The first-order valence-corrected chi connectivity index (χ1v) is 4.17. The molecule has 0 aliphatic carbocycles. The van der Waals surface area contributed by atoms with Gasteiger partial charge >= 0.3 is 5.97 Å². The molecule has 6 heteroatoms. The molecule has 0 aromatic carbocycles. The number of carbonyl (C=O) groups excluding carboxylic acids is 1. The third kappa shape index (κ3) is 3.74. The van der Waals surface area contributed by atoms with Gasteiger partial charge in [0.15, 0.2) is 5.84 Å². The zero-order valence-corrected chi connectivity index (χ0v) is 8.21. The molecule has 0 atom stereocenters. The van der Waals surface area contributed by atoms with Crippen LogP contribution in [-0.2, 0) is 14.4 Å². The van der Waals surface area contributed by atoms with Crippen molar-refractivity contribution in [2.24, 2.45) is 10.9 Å². The number of hydrogen-bond acceptors (Lipinski definition) is 5. The van der Waals surface area contributed by atoms with Crippen LogP contribution in [0.25, 0.3) is 0 Å². The van der Waals surface area contributed by atoms with E-state index in [1.807, 2.05) is 0 Å². The largest absolute Gasteiger partial charge is 0.379 e. The molecule has 0 spiro atoms. The van der Waals surface area contributed by atoms with Gasteiger partial charge in [-0.15, -0.1) is 0 Å². The highest BCUT2D eigenvalue weighted by Gasteiger charge is 2.03. The lowest BCUT2D eigenvalue weighted by molar-refractivity contribution is -0.147. The second-order valence-electron chi connectivity index (χ2n) is 2.59. The predicted molar refractivity (Wildman–Crippen MR) is 52.9 cm³/mol. The van der Waals surface area contributed by atoms with Gasteiger partial charge in [0.25, 0.3) is 0 Å². The van der Waals surface area contributed by atoms with Crippen LogP contribution >= 0.6 is 0 Å². The van der Waals surface area contributed by atoms with Crippen molar-refractivity contribution in [1.29, 1.82) is 0 Å². The molecule has 6 nitrogen and oxygen atoms in total. The Morgan fingerprint density at radius 1 is 1.60 bits per heavy atom. The van der Waals surface area contributed by atoms with E-state index in [1.54, 1.807) is 24.4 Å². The van der Waals surface area contributed by atoms with Crippen molar-refractivity contribution in [1.82, 2.24) is 4.98 Å². The lowest BCUT2D eigenvalue weighted by Gasteiger charge is -1.99. The molecule has 1 aromatic rings. The lowest BCUT2D eigenvalue weighted by Crippen LogP contribution is -2.17. The highest BCUT2D eigenvalue weighted by atomic mass is 16.7. The molecule has 0 amide bonds. The molecule has 1 rings (SSSR count). The number of pyridine rings is 1. The van der Waals surface area contributed by atoms with Gasteiger partial charge in [0.2, 0.25) is 0 Å². The highest BCUT2D eigenvalue weighted by Crippen LogP contribution is 1.93. The van der Waals surface area contributed by atoms with Crippen LogP contribution in [0.5, 0.6) is 0 Å². The molecule has 0 aliphatic heterocycles. The molecular formula is C9H11N3O3. The van der Waals surface area contributed by atoms with Gasteiger partial charge in [0.1, 0.15) is 12.3 Å². The van der Waals surface area contributed by atoms with E-state index in [1.165, 1.54) is 7.11 Å². The van der Waals surface area contributed by atoms with E-state index < -0.39 is 5.97 Å². The van der Waals surface area contributed by atoms with Gasteiger partial charge in [-0.25, -0.2) is 4.79 Å². The standard InChI is InChI=1S/C9H11N3O3/c1-14-6-8(13)15-12-9(10)7-4-2-3-5-11-7/h2-5H,6H2,1H3,(H2,10,12). The molecule has 0 aliphatic rings. The molecule has 1 aromatic heterocycles. The van der Waals surface area contributed by atoms with Crippen molar-refractivity contribution in [3.63, 3.8) is 0 Å². The number of amidine groups is 1. The molecule has 1 heterocycles. The zero-order valence-electron chi connectivity index (χ0n) is 8.21. The van der Waals surface area contributed by atoms with Gasteiger partial charge < -0.3 is 15.3 Å². The van der Waals surface area contributed by atoms with Crippen LogP contribution in [0.4, 0.5) is 0 Å². The maximum atomic E-state index is 10.8. The molecule has 0 unspecified atom stereocenters. The van der Waals surface area contributed by atoms with Crippen molar-refractivity contribution in [3.05, 3.63) is 30.1 Å². The number of hydrogen-bond donors (Lipinski definition) is 1. The Kier molecular flexibility index (Phi) is 4.24. The Morgan fingerprint density at radius 2 is 2.40 bits per heavy atom. The van der Waals surface area contributed by atoms with Crippen molar-refractivity contribution in [3.8, 4) is 0 Å². The molecule has 80 valence electrons. The summed E-state index contributed by atoms with van der Waals surface area (Å²) in [5.41, 5.74) is 5.96. The summed E-state index contributed by atoms with van der Waals surface area (Å²) in [5, 5.41) is 3.42. The number of ether oxygens (including phenoxy) is 1. The van der Waals surface area contributed by atoms with Crippen molar-refractivity contribution in [2.45, 2.75) is 0 Å². The fourth-order valence-electron chi connectivity index (χ4n) is 0.805. The van der Waals surface area contributed by atoms with E-state index >= 15 is 0 Å². The Balaban J connectivity index is 2.57. The molecule has 15 heavy (non-hydrogen) atoms. The van der Waals surface area contributed by atoms with Gasteiger partial charge in [-0.2, -0.15) is 0 Å². The van der Waals surface area contributed by atoms with E-state index in [4.69, 9.17) is 5.73 Å². The number of nitrogens with zero attached hydrogens (tertiary/aromatic N) is 2. The highest BCUT2D eigenvalue weighted by molar-refractivity contribution is 5.95. The second-order valence-corrected chi connectivity index (χ2v) is 2.59. The SMILES string of the molecule is COCC(=O)ON=C(N)c1ccccn1. The number of nitrogens with two attached hydrogens (primary N) is 1. The minimum atomic E-state index is -0.614. The summed E-state index contributed by atoms with van der Waals surface area (Å²) in [7, 11) is 1.38. The first-order chi connectivity index (χ1) is 7.24. The summed E-state index contributed by atoms with van der Waals surface area (Å²) >= 11 is 0. The van der Waals surface area contributed by atoms with E-state index in [-0.39, 0.29) is 12.4 Å².